The maximum atomic E-state index is 13.8. The molecule has 158 valence electrons. The molecule has 1 amide bonds. The van der Waals surface area contributed by atoms with E-state index < -0.39 is 0 Å². The topological polar surface area (TPSA) is 60.2 Å². The lowest BCUT2D eigenvalue weighted by Crippen LogP contribution is -2.35. The van der Waals surface area contributed by atoms with Gasteiger partial charge in [0.1, 0.15) is 17.2 Å². The summed E-state index contributed by atoms with van der Waals surface area (Å²) in [4.78, 5) is 15.7. The summed E-state index contributed by atoms with van der Waals surface area (Å²) in [6.07, 6.45) is 2.84. The molecule has 3 heterocycles. The fraction of sp³-hybridized carbons (Fsp3) is 0.192. The molecule has 0 N–H and O–H groups in total. The number of hydrogen-bond acceptors (Lipinski definition) is 4. The largest absolute Gasteiger partial charge is 0.457 e. The normalized spacial score (nSPS) is 17.5. The third-order valence-electron chi connectivity index (χ3n) is 6.36. The van der Waals surface area contributed by atoms with Crippen LogP contribution in [0, 0.1) is 0 Å². The second kappa shape index (κ2) is 7.64. The highest BCUT2D eigenvalue weighted by atomic mass is 16.5. The third kappa shape index (κ3) is 3.15. The van der Waals surface area contributed by atoms with Gasteiger partial charge in [-0.15, -0.1) is 5.10 Å². The fourth-order valence-corrected chi connectivity index (χ4v) is 4.71. The number of aromatic nitrogens is 3. The molecule has 0 saturated carbocycles. The van der Waals surface area contributed by atoms with Gasteiger partial charge in [0.05, 0.1) is 18.2 Å². The summed E-state index contributed by atoms with van der Waals surface area (Å²) < 4.78 is 7.97. The molecule has 32 heavy (non-hydrogen) atoms. The van der Waals surface area contributed by atoms with E-state index in [1.165, 1.54) is 0 Å². The van der Waals surface area contributed by atoms with E-state index in [-0.39, 0.29) is 17.9 Å². The van der Waals surface area contributed by atoms with E-state index in [1.807, 2.05) is 94.6 Å². The van der Waals surface area contributed by atoms with Crippen molar-refractivity contribution in [3.63, 3.8) is 0 Å². The SMILES string of the molecule is O=C(C1c2ccccc2Oc2ccccc21)N1CCC(n2cc(-c3ccccc3)nn2)C1. The maximum Gasteiger partial charge on any atom is 0.234 e. The first-order valence-corrected chi connectivity index (χ1v) is 10.9. The van der Waals surface area contributed by atoms with Crippen LogP contribution in [0.4, 0.5) is 0 Å². The number of hydrogen-bond donors (Lipinski definition) is 0. The number of fused-ring (bicyclic) bond motifs is 2. The Morgan fingerprint density at radius 2 is 1.53 bits per heavy atom. The van der Waals surface area contributed by atoms with Crippen molar-refractivity contribution in [3.05, 3.63) is 96.2 Å². The van der Waals surface area contributed by atoms with Crippen LogP contribution in [0.1, 0.15) is 29.5 Å². The van der Waals surface area contributed by atoms with Crippen LogP contribution in [0.15, 0.2) is 85.1 Å². The van der Waals surface area contributed by atoms with Crippen LogP contribution in [-0.4, -0.2) is 38.9 Å². The van der Waals surface area contributed by atoms with Crippen molar-refractivity contribution in [2.45, 2.75) is 18.4 Å². The molecule has 6 nitrogen and oxygen atoms in total. The molecule has 1 aromatic heterocycles. The first kappa shape index (κ1) is 18.8. The molecule has 1 fully saturated rings. The molecule has 2 aliphatic heterocycles. The molecule has 1 atom stereocenters. The zero-order valence-electron chi connectivity index (χ0n) is 17.5. The van der Waals surface area contributed by atoms with Crippen molar-refractivity contribution in [2.75, 3.05) is 13.1 Å². The van der Waals surface area contributed by atoms with Gasteiger partial charge in [0.15, 0.2) is 0 Å². The summed E-state index contributed by atoms with van der Waals surface area (Å²) in [6, 6.07) is 25.8. The van der Waals surface area contributed by atoms with Crippen LogP contribution in [0.5, 0.6) is 11.5 Å². The number of carbonyl (C=O) groups is 1. The highest BCUT2D eigenvalue weighted by Crippen LogP contribution is 2.45. The van der Waals surface area contributed by atoms with Gasteiger partial charge in [0, 0.05) is 29.8 Å². The molecule has 1 saturated heterocycles. The molecule has 6 rings (SSSR count). The monoisotopic (exact) mass is 422 g/mol. The van der Waals surface area contributed by atoms with Crippen molar-refractivity contribution in [1.29, 1.82) is 0 Å². The van der Waals surface area contributed by atoms with E-state index in [0.29, 0.717) is 13.1 Å². The summed E-state index contributed by atoms with van der Waals surface area (Å²) in [5.41, 5.74) is 3.74. The number of ether oxygens (including phenoxy) is 1. The zero-order chi connectivity index (χ0) is 21.5. The molecule has 0 bridgehead atoms. The van der Waals surface area contributed by atoms with Gasteiger partial charge in [0.25, 0.3) is 0 Å². The minimum atomic E-state index is -0.356. The summed E-state index contributed by atoms with van der Waals surface area (Å²) in [7, 11) is 0. The first-order chi connectivity index (χ1) is 15.8. The van der Waals surface area contributed by atoms with Gasteiger partial charge in [-0.3, -0.25) is 4.79 Å². The molecule has 0 aliphatic carbocycles. The number of benzene rings is 3. The van der Waals surface area contributed by atoms with Gasteiger partial charge < -0.3 is 9.64 Å². The van der Waals surface area contributed by atoms with Gasteiger partial charge in [-0.25, -0.2) is 4.68 Å². The quantitative estimate of drug-likeness (QED) is 0.482. The van der Waals surface area contributed by atoms with Crippen LogP contribution in [0.3, 0.4) is 0 Å². The number of likely N-dealkylation sites (tertiary alicyclic amines) is 1. The van der Waals surface area contributed by atoms with Crippen molar-refractivity contribution >= 4 is 5.91 Å². The first-order valence-electron chi connectivity index (χ1n) is 10.9. The molecular formula is C26H22N4O2. The zero-order valence-corrected chi connectivity index (χ0v) is 17.5. The Kier molecular flexibility index (Phi) is 4.49. The molecule has 4 aromatic rings. The van der Waals surface area contributed by atoms with E-state index in [9.17, 15) is 4.79 Å². The van der Waals surface area contributed by atoms with Gasteiger partial charge in [0.2, 0.25) is 5.91 Å². The Morgan fingerprint density at radius 1 is 0.875 bits per heavy atom. The second-order valence-electron chi connectivity index (χ2n) is 8.29. The van der Waals surface area contributed by atoms with Gasteiger partial charge in [-0.05, 0) is 18.6 Å². The van der Waals surface area contributed by atoms with Gasteiger partial charge >= 0.3 is 0 Å². The van der Waals surface area contributed by atoms with Crippen molar-refractivity contribution in [2.24, 2.45) is 0 Å². The van der Waals surface area contributed by atoms with Crippen LogP contribution in [-0.2, 0) is 4.79 Å². The summed E-state index contributed by atoms with van der Waals surface area (Å²) in [5, 5.41) is 8.70. The highest BCUT2D eigenvalue weighted by molar-refractivity contribution is 5.90. The minimum Gasteiger partial charge on any atom is -0.457 e. The van der Waals surface area contributed by atoms with Crippen LogP contribution in [0.2, 0.25) is 0 Å². The average Bonchev–Trinajstić information content (AvgIpc) is 3.53. The number of carbonyl (C=O) groups excluding carboxylic acids is 1. The second-order valence-corrected chi connectivity index (χ2v) is 8.29. The van der Waals surface area contributed by atoms with E-state index in [4.69, 9.17) is 4.74 Å². The summed E-state index contributed by atoms with van der Waals surface area (Å²) in [5.74, 6) is 1.26. The summed E-state index contributed by atoms with van der Waals surface area (Å²) >= 11 is 0. The van der Waals surface area contributed by atoms with E-state index in [0.717, 1.165) is 40.3 Å². The summed E-state index contributed by atoms with van der Waals surface area (Å²) in [6.45, 7) is 1.32. The van der Waals surface area contributed by atoms with E-state index in [1.54, 1.807) is 0 Å². The predicted molar refractivity (Wildman–Crippen MR) is 120 cm³/mol. The molecule has 6 heteroatoms. The lowest BCUT2D eigenvalue weighted by atomic mass is 9.87. The maximum absolute atomic E-state index is 13.8. The highest BCUT2D eigenvalue weighted by Gasteiger charge is 2.38. The van der Waals surface area contributed by atoms with Gasteiger partial charge in [-0.2, -0.15) is 0 Å². The standard InChI is InChI=1S/C26H22N4O2/c31-26(25-20-10-4-6-12-23(20)32-24-13-7-5-11-21(24)25)29-15-14-19(16-29)30-17-22(27-28-30)18-8-2-1-3-9-18/h1-13,17,19,25H,14-16H2. The minimum absolute atomic E-state index is 0.110. The lowest BCUT2D eigenvalue weighted by Gasteiger charge is -2.30. The molecule has 3 aromatic carbocycles. The van der Waals surface area contributed by atoms with Crippen LogP contribution < -0.4 is 4.74 Å². The predicted octanol–water partition coefficient (Wildman–Crippen LogP) is 4.66. The number of amides is 1. The average molecular weight is 422 g/mol. The molecule has 0 radical (unpaired) electrons. The Hall–Kier alpha value is -3.93. The fourth-order valence-electron chi connectivity index (χ4n) is 4.71. The van der Waals surface area contributed by atoms with Crippen molar-refractivity contribution in [1.82, 2.24) is 19.9 Å². The van der Waals surface area contributed by atoms with Crippen LogP contribution >= 0.6 is 0 Å². The third-order valence-corrected chi connectivity index (χ3v) is 6.36. The number of rotatable bonds is 3. The smallest absolute Gasteiger partial charge is 0.234 e. The molecule has 0 spiro atoms. The molecular weight excluding hydrogens is 400 g/mol. The number of para-hydroxylation sites is 2. The Balaban J connectivity index is 1.26. The van der Waals surface area contributed by atoms with Gasteiger partial charge in [-0.1, -0.05) is 71.9 Å². The Bertz CT molecular complexity index is 1240. The van der Waals surface area contributed by atoms with E-state index >= 15 is 0 Å². The van der Waals surface area contributed by atoms with Crippen molar-refractivity contribution < 1.29 is 9.53 Å². The Morgan fingerprint density at radius 3 is 2.25 bits per heavy atom. The molecule has 1 unspecified atom stereocenters. The Labute approximate surface area is 186 Å². The van der Waals surface area contributed by atoms with E-state index in [2.05, 4.69) is 10.3 Å². The van der Waals surface area contributed by atoms with Crippen molar-refractivity contribution in [3.8, 4) is 22.8 Å². The lowest BCUT2D eigenvalue weighted by molar-refractivity contribution is -0.131. The van der Waals surface area contributed by atoms with Crippen LogP contribution in [0.25, 0.3) is 11.3 Å². The number of nitrogens with zero attached hydrogens (tertiary/aromatic N) is 4. The molecule has 2 aliphatic rings.